The Morgan fingerprint density at radius 3 is 2.52 bits per heavy atom. The minimum atomic E-state index is 0. The maximum Gasteiger partial charge on any atom is 0.219 e. The first kappa shape index (κ1) is 20.7. The SMILES string of the molecule is CC(C)CCNCc1ccc(Oc2ccc(C#N)cn2)c2ccccc12.Cl. The molecule has 2 aromatic carbocycles. The van der Waals surface area contributed by atoms with Gasteiger partial charge in [-0.15, -0.1) is 12.4 Å². The van der Waals surface area contributed by atoms with Crippen LogP contribution in [-0.4, -0.2) is 11.5 Å². The van der Waals surface area contributed by atoms with Crippen molar-refractivity contribution in [2.24, 2.45) is 5.92 Å². The van der Waals surface area contributed by atoms with Gasteiger partial charge in [-0.25, -0.2) is 4.98 Å². The maximum absolute atomic E-state index is 8.87. The maximum atomic E-state index is 8.87. The molecule has 0 aliphatic carbocycles. The minimum absolute atomic E-state index is 0. The van der Waals surface area contributed by atoms with Crippen LogP contribution in [0.4, 0.5) is 0 Å². The molecule has 0 unspecified atom stereocenters. The van der Waals surface area contributed by atoms with Gasteiger partial charge >= 0.3 is 0 Å². The molecule has 3 aromatic rings. The molecule has 0 saturated heterocycles. The average molecular weight is 382 g/mol. The first-order chi connectivity index (χ1) is 12.7. The minimum Gasteiger partial charge on any atom is -0.438 e. The predicted octanol–water partition coefficient (Wildman–Crippen LogP) is 5.46. The lowest BCUT2D eigenvalue weighted by molar-refractivity contribution is 0.468. The van der Waals surface area contributed by atoms with Crippen LogP contribution in [-0.2, 0) is 6.54 Å². The first-order valence-electron chi connectivity index (χ1n) is 8.92. The van der Waals surface area contributed by atoms with Crippen LogP contribution < -0.4 is 10.1 Å². The van der Waals surface area contributed by atoms with E-state index in [4.69, 9.17) is 10.00 Å². The Labute approximate surface area is 166 Å². The number of aromatic nitrogens is 1. The average Bonchev–Trinajstić information content (AvgIpc) is 2.67. The smallest absolute Gasteiger partial charge is 0.219 e. The third kappa shape index (κ3) is 5.43. The van der Waals surface area contributed by atoms with E-state index in [2.05, 4.69) is 48.4 Å². The summed E-state index contributed by atoms with van der Waals surface area (Å²) in [5.41, 5.74) is 1.77. The molecule has 0 aliphatic rings. The van der Waals surface area contributed by atoms with Gasteiger partial charge < -0.3 is 10.1 Å². The summed E-state index contributed by atoms with van der Waals surface area (Å²) in [6.07, 6.45) is 2.69. The highest BCUT2D eigenvalue weighted by Crippen LogP contribution is 2.31. The zero-order chi connectivity index (χ0) is 18.4. The summed E-state index contributed by atoms with van der Waals surface area (Å²) in [4.78, 5) is 4.19. The monoisotopic (exact) mass is 381 g/mol. The number of hydrogen-bond acceptors (Lipinski definition) is 4. The van der Waals surface area contributed by atoms with Crippen molar-refractivity contribution in [3.63, 3.8) is 0 Å². The molecular weight excluding hydrogens is 358 g/mol. The fourth-order valence-corrected chi connectivity index (χ4v) is 2.81. The zero-order valence-corrected chi connectivity index (χ0v) is 16.4. The number of benzene rings is 2. The molecule has 27 heavy (non-hydrogen) atoms. The van der Waals surface area contributed by atoms with Crippen molar-refractivity contribution in [3.8, 4) is 17.7 Å². The molecule has 0 saturated carbocycles. The highest BCUT2D eigenvalue weighted by Gasteiger charge is 2.08. The van der Waals surface area contributed by atoms with Gasteiger partial charge in [-0.3, -0.25) is 0 Å². The van der Waals surface area contributed by atoms with E-state index >= 15 is 0 Å². The molecule has 4 nitrogen and oxygen atoms in total. The van der Waals surface area contributed by atoms with Gasteiger partial charge in [0.2, 0.25) is 5.88 Å². The standard InChI is InChI=1S/C22H23N3O.ClH/c1-16(2)11-12-24-15-18-8-9-21(20-6-4-3-5-19(18)20)26-22-10-7-17(13-23)14-25-22;/h3-10,14,16,24H,11-12,15H2,1-2H3;1H. The quantitative estimate of drug-likeness (QED) is 0.552. The molecule has 3 rings (SSSR count). The van der Waals surface area contributed by atoms with Gasteiger partial charge in [0, 0.05) is 24.2 Å². The highest BCUT2D eigenvalue weighted by atomic mass is 35.5. The van der Waals surface area contributed by atoms with E-state index in [0.29, 0.717) is 17.4 Å². The second kappa shape index (κ2) is 9.91. The van der Waals surface area contributed by atoms with Gasteiger partial charge in [0.05, 0.1) is 5.56 Å². The van der Waals surface area contributed by atoms with Crippen LogP contribution in [0.15, 0.2) is 54.7 Å². The second-order valence-electron chi connectivity index (χ2n) is 6.73. The van der Waals surface area contributed by atoms with E-state index in [1.807, 2.05) is 18.2 Å². The number of ether oxygens (including phenoxy) is 1. The Balaban J connectivity index is 0.00000261. The molecule has 0 spiro atoms. The molecule has 5 heteroatoms. The Hall–Kier alpha value is -2.61. The zero-order valence-electron chi connectivity index (χ0n) is 15.6. The van der Waals surface area contributed by atoms with Crippen molar-refractivity contribution in [2.75, 3.05) is 6.54 Å². The third-order valence-electron chi connectivity index (χ3n) is 4.27. The van der Waals surface area contributed by atoms with Crippen molar-refractivity contribution >= 4 is 23.2 Å². The van der Waals surface area contributed by atoms with Crippen molar-refractivity contribution < 1.29 is 4.74 Å². The number of pyridine rings is 1. The molecule has 0 amide bonds. The second-order valence-corrected chi connectivity index (χ2v) is 6.73. The summed E-state index contributed by atoms with van der Waals surface area (Å²) < 4.78 is 5.96. The van der Waals surface area contributed by atoms with Gasteiger partial charge in [0.15, 0.2) is 0 Å². The van der Waals surface area contributed by atoms with Gasteiger partial charge in [0.1, 0.15) is 11.8 Å². The van der Waals surface area contributed by atoms with E-state index in [1.165, 1.54) is 23.6 Å². The predicted molar refractivity (Wildman–Crippen MR) is 111 cm³/mol. The largest absolute Gasteiger partial charge is 0.438 e. The normalized spacial score (nSPS) is 10.4. The molecule has 1 N–H and O–H groups in total. The summed E-state index contributed by atoms with van der Waals surface area (Å²) in [6, 6.07) is 17.8. The fraction of sp³-hybridized carbons (Fsp3) is 0.273. The van der Waals surface area contributed by atoms with Crippen LogP contribution in [0.1, 0.15) is 31.4 Å². The number of hydrogen-bond donors (Lipinski definition) is 1. The van der Waals surface area contributed by atoms with Crippen molar-refractivity contribution in [1.29, 1.82) is 5.26 Å². The van der Waals surface area contributed by atoms with Crippen LogP contribution >= 0.6 is 12.4 Å². The van der Waals surface area contributed by atoms with Gasteiger partial charge in [-0.05, 0) is 42.0 Å². The molecule has 0 radical (unpaired) electrons. The molecule has 0 bridgehead atoms. The number of nitrogens with zero attached hydrogens (tertiary/aromatic N) is 2. The topological polar surface area (TPSA) is 57.9 Å². The lowest BCUT2D eigenvalue weighted by Crippen LogP contribution is -2.16. The lowest BCUT2D eigenvalue weighted by atomic mass is 10.0. The van der Waals surface area contributed by atoms with Crippen LogP contribution in [0.3, 0.4) is 0 Å². The summed E-state index contributed by atoms with van der Waals surface area (Å²) in [5.74, 6) is 1.95. The summed E-state index contributed by atoms with van der Waals surface area (Å²) >= 11 is 0. The highest BCUT2D eigenvalue weighted by molar-refractivity contribution is 5.91. The van der Waals surface area contributed by atoms with Gasteiger partial charge in [0.25, 0.3) is 0 Å². The van der Waals surface area contributed by atoms with E-state index in [9.17, 15) is 0 Å². The van der Waals surface area contributed by atoms with Crippen molar-refractivity contribution in [2.45, 2.75) is 26.8 Å². The molecule has 0 atom stereocenters. The van der Waals surface area contributed by atoms with Gasteiger partial charge in [-0.1, -0.05) is 44.2 Å². The van der Waals surface area contributed by atoms with Crippen LogP contribution in [0, 0.1) is 17.2 Å². The molecule has 140 valence electrons. The molecule has 1 heterocycles. The first-order valence-corrected chi connectivity index (χ1v) is 8.92. The van der Waals surface area contributed by atoms with E-state index in [0.717, 1.165) is 24.2 Å². The Morgan fingerprint density at radius 2 is 1.85 bits per heavy atom. The summed E-state index contributed by atoms with van der Waals surface area (Å²) in [7, 11) is 0. The number of halogens is 1. The number of fused-ring (bicyclic) bond motifs is 1. The number of nitriles is 1. The van der Waals surface area contributed by atoms with E-state index < -0.39 is 0 Å². The number of nitrogens with one attached hydrogen (secondary N) is 1. The van der Waals surface area contributed by atoms with Crippen molar-refractivity contribution in [3.05, 3.63) is 65.9 Å². The van der Waals surface area contributed by atoms with Crippen molar-refractivity contribution in [1.82, 2.24) is 10.3 Å². The van der Waals surface area contributed by atoms with Crippen LogP contribution in [0.25, 0.3) is 10.8 Å². The van der Waals surface area contributed by atoms with Crippen LogP contribution in [0.5, 0.6) is 11.6 Å². The third-order valence-corrected chi connectivity index (χ3v) is 4.27. The summed E-state index contributed by atoms with van der Waals surface area (Å²) in [5, 5.41) is 14.6. The number of rotatable bonds is 7. The fourth-order valence-electron chi connectivity index (χ4n) is 2.81. The molecule has 1 aromatic heterocycles. The molecular formula is C22H24ClN3O. The molecule has 0 aliphatic heterocycles. The molecule has 0 fully saturated rings. The lowest BCUT2D eigenvalue weighted by Gasteiger charge is -2.13. The van der Waals surface area contributed by atoms with E-state index in [1.54, 1.807) is 12.1 Å². The Kier molecular flexibility index (Phi) is 7.60. The van der Waals surface area contributed by atoms with E-state index in [-0.39, 0.29) is 12.4 Å². The Bertz CT molecular complexity index is 917. The van der Waals surface area contributed by atoms with Gasteiger partial charge in [-0.2, -0.15) is 5.26 Å². The summed E-state index contributed by atoms with van der Waals surface area (Å²) in [6.45, 7) is 6.32. The Morgan fingerprint density at radius 1 is 1.07 bits per heavy atom. The van der Waals surface area contributed by atoms with Crippen LogP contribution in [0.2, 0.25) is 0 Å².